The van der Waals surface area contributed by atoms with E-state index in [1.165, 1.54) is 35.2 Å². The first-order valence-electron chi connectivity index (χ1n) is 11.9. The second-order valence-electron chi connectivity index (χ2n) is 8.56. The molecule has 3 aromatic rings. The predicted octanol–water partition coefficient (Wildman–Crippen LogP) is 5.79. The number of halogens is 3. The molecular formula is C27H28Cl3N3O4S. The van der Waals surface area contributed by atoms with E-state index in [4.69, 9.17) is 34.8 Å². The maximum atomic E-state index is 13.8. The van der Waals surface area contributed by atoms with E-state index >= 15 is 0 Å². The molecule has 3 rings (SSSR count). The largest absolute Gasteiger partial charge is 0.354 e. The number of nitrogens with zero attached hydrogens (tertiary/aromatic N) is 2. The first kappa shape index (κ1) is 29.8. The zero-order chi connectivity index (χ0) is 27.9. The summed E-state index contributed by atoms with van der Waals surface area (Å²) in [6, 6.07) is 17.9. The summed E-state index contributed by atoms with van der Waals surface area (Å²) < 4.78 is 28.4. The molecule has 0 saturated carbocycles. The molecule has 0 aliphatic heterocycles. The molecule has 0 aliphatic rings. The van der Waals surface area contributed by atoms with Gasteiger partial charge in [0.2, 0.25) is 11.8 Å². The molecule has 2 amide bonds. The summed E-state index contributed by atoms with van der Waals surface area (Å²) in [6.45, 7) is 3.49. The molecule has 0 bridgehead atoms. The van der Waals surface area contributed by atoms with Crippen molar-refractivity contribution in [3.63, 3.8) is 0 Å². The zero-order valence-corrected chi connectivity index (χ0v) is 24.0. The van der Waals surface area contributed by atoms with Gasteiger partial charge >= 0.3 is 0 Å². The number of carbonyl (C=O) groups is 2. The van der Waals surface area contributed by atoms with Crippen molar-refractivity contribution >= 4 is 62.3 Å². The lowest BCUT2D eigenvalue weighted by molar-refractivity contribution is -0.139. The van der Waals surface area contributed by atoms with Crippen LogP contribution in [0.5, 0.6) is 0 Å². The third kappa shape index (κ3) is 7.63. The second-order valence-corrected chi connectivity index (χ2v) is 11.7. The van der Waals surface area contributed by atoms with Crippen LogP contribution in [0.3, 0.4) is 0 Å². The monoisotopic (exact) mass is 595 g/mol. The van der Waals surface area contributed by atoms with Gasteiger partial charge in [0.05, 0.1) is 10.6 Å². The van der Waals surface area contributed by atoms with Gasteiger partial charge in [0.25, 0.3) is 10.0 Å². The van der Waals surface area contributed by atoms with E-state index in [9.17, 15) is 18.0 Å². The molecule has 0 heterocycles. The Morgan fingerprint density at radius 3 is 2.08 bits per heavy atom. The number of hydrogen-bond donors (Lipinski definition) is 1. The van der Waals surface area contributed by atoms with Crippen LogP contribution in [0.2, 0.25) is 15.1 Å². The van der Waals surface area contributed by atoms with Crippen LogP contribution in [0.15, 0.2) is 77.7 Å². The van der Waals surface area contributed by atoms with E-state index in [2.05, 4.69) is 5.32 Å². The quantitative estimate of drug-likeness (QED) is 0.304. The topological polar surface area (TPSA) is 86.8 Å². The summed E-state index contributed by atoms with van der Waals surface area (Å²) in [5.41, 5.74) is 0.933. The summed E-state index contributed by atoms with van der Waals surface area (Å²) in [5, 5.41) is 4.00. The lowest BCUT2D eigenvalue weighted by atomic mass is 10.1. The van der Waals surface area contributed by atoms with Crippen LogP contribution in [0.1, 0.15) is 25.8 Å². The second kappa shape index (κ2) is 13.3. The Bertz CT molecular complexity index is 1370. The highest BCUT2D eigenvalue weighted by Crippen LogP contribution is 2.27. The number of sulfonamides is 1. The van der Waals surface area contributed by atoms with Gasteiger partial charge in [-0.25, -0.2) is 8.42 Å². The standard InChI is InChI=1S/C27H28Cl3N3O4S/c1-3-15-31-27(35)19(2)32(17-20-7-9-21(28)10-8-20)26(34)18-33(24-6-4-5-23(30)16-24)38(36,37)25-13-11-22(29)12-14-25/h4-14,16,19H,3,15,17-18H2,1-2H3,(H,31,35)/t19-/m1/s1. The molecule has 7 nitrogen and oxygen atoms in total. The highest BCUT2D eigenvalue weighted by atomic mass is 35.5. The summed E-state index contributed by atoms with van der Waals surface area (Å²) in [7, 11) is -4.20. The highest BCUT2D eigenvalue weighted by molar-refractivity contribution is 7.92. The molecule has 1 N–H and O–H groups in total. The van der Waals surface area contributed by atoms with Crippen molar-refractivity contribution in [2.24, 2.45) is 0 Å². The van der Waals surface area contributed by atoms with E-state index in [1.807, 2.05) is 6.92 Å². The third-order valence-electron chi connectivity index (χ3n) is 5.76. The lowest BCUT2D eigenvalue weighted by Crippen LogP contribution is -2.51. The Labute approximate surface area is 238 Å². The molecule has 11 heteroatoms. The van der Waals surface area contributed by atoms with Gasteiger partial charge in [0, 0.05) is 28.2 Å². The minimum absolute atomic E-state index is 0.0485. The van der Waals surface area contributed by atoms with Crippen molar-refractivity contribution in [3.05, 3.63) is 93.4 Å². The number of anilines is 1. The van der Waals surface area contributed by atoms with Crippen molar-refractivity contribution in [1.29, 1.82) is 0 Å². The molecule has 0 saturated heterocycles. The Hall–Kier alpha value is -2.78. The fourth-order valence-corrected chi connectivity index (χ4v) is 5.50. The van der Waals surface area contributed by atoms with Crippen LogP contribution in [0.25, 0.3) is 0 Å². The maximum absolute atomic E-state index is 13.8. The van der Waals surface area contributed by atoms with Crippen LogP contribution < -0.4 is 9.62 Å². The average Bonchev–Trinajstić information content (AvgIpc) is 2.89. The Balaban J connectivity index is 2.01. The van der Waals surface area contributed by atoms with Crippen LogP contribution in [0, 0.1) is 0 Å². The van der Waals surface area contributed by atoms with Gasteiger partial charge in [-0.2, -0.15) is 0 Å². The van der Waals surface area contributed by atoms with Crippen LogP contribution in [-0.4, -0.2) is 44.3 Å². The van der Waals surface area contributed by atoms with E-state index < -0.39 is 28.5 Å². The van der Waals surface area contributed by atoms with Crippen LogP contribution in [-0.2, 0) is 26.2 Å². The number of carbonyl (C=O) groups excluding carboxylic acids is 2. The number of hydrogen-bond acceptors (Lipinski definition) is 4. The normalized spacial score (nSPS) is 12.0. The molecule has 0 unspecified atom stereocenters. The van der Waals surface area contributed by atoms with Crippen molar-refractivity contribution < 1.29 is 18.0 Å². The first-order valence-corrected chi connectivity index (χ1v) is 14.5. The molecule has 0 spiro atoms. The van der Waals surface area contributed by atoms with Gasteiger partial charge < -0.3 is 10.2 Å². The van der Waals surface area contributed by atoms with Crippen LogP contribution >= 0.6 is 34.8 Å². The maximum Gasteiger partial charge on any atom is 0.264 e. The minimum Gasteiger partial charge on any atom is -0.354 e. The van der Waals surface area contributed by atoms with Crippen molar-refractivity contribution in [3.8, 4) is 0 Å². The predicted molar refractivity (Wildman–Crippen MR) is 152 cm³/mol. The molecule has 38 heavy (non-hydrogen) atoms. The summed E-state index contributed by atoms with van der Waals surface area (Å²) in [6.07, 6.45) is 0.728. The highest BCUT2D eigenvalue weighted by Gasteiger charge is 2.32. The fraction of sp³-hybridized carbons (Fsp3) is 0.259. The number of amides is 2. The first-order chi connectivity index (χ1) is 18.0. The summed E-state index contributed by atoms with van der Waals surface area (Å²) in [4.78, 5) is 28.0. The van der Waals surface area contributed by atoms with Crippen molar-refractivity contribution in [1.82, 2.24) is 10.2 Å². The lowest BCUT2D eigenvalue weighted by Gasteiger charge is -2.32. The SMILES string of the molecule is CCCNC(=O)[C@@H](C)N(Cc1ccc(Cl)cc1)C(=O)CN(c1cccc(Cl)c1)S(=O)(=O)c1ccc(Cl)cc1. The van der Waals surface area contributed by atoms with Gasteiger partial charge in [-0.1, -0.05) is 59.9 Å². The summed E-state index contributed by atoms with van der Waals surface area (Å²) >= 11 is 18.1. The van der Waals surface area contributed by atoms with E-state index in [1.54, 1.807) is 49.4 Å². The van der Waals surface area contributed by atoms with E-state index in [0.29, 0.717) is 21.6 Å². The van der Waals surface area contributed by atoms with Gasteiger partial charge in [0.15, 0.2) is 0 Å². The van der Waals surface area contributed by atoms with Crippen molar-refractivity contribution in [2.45, 2.75) is 37.8 Å². The third-order valence-corrected chi connectivity index (χ3v) is 8.29. The zero-order valence-electron chi connectivity index (χ0n) is 20.9. The Morgan fingerprint density at radius 2 is 1.50 bits per heavy atom. The molecule has 0 aromatic heterocycles. The van der Waals surface area contributed by atoms with Gasteiger partial charge in [0.1, 0.15) is 12.6 Å². The number of nitrogens with one attached hydrogen (secondary N) is 1. The minimum atomic E-state index is -4.20. The molecule has 1 atom stereocenters. The molecule has 0 aliphatic carbocycles. The number of rotatable bonds is 11. The fourth-order valence-electron chi connectivity index (χ4n) is 3.66. The molecular weight excluding hydrogens is 569 g/mol. The molecule has 202 valence electrons. The average molecular weight is 597 g/mol. The van der Waals surface area contributed by atoms with E-state index in [0.717, 1.165) is 16.3 Å². The van der Waals surface area contributed by atoms with Crippen molar-refractivity contribution in [2.75, 3.05) is 17.4 Å². The van der Waals surface area contributed by atoms with Gasteiger partial charge in [-0.3, -0.25) is 13.9 Å². The molecule has 0 fully saturated rings. The molecule has 0 radical (unpaired) electrons. The summed E-state index contributed by atoms with van der Waals surface area (Å²) in [5.74, 6) is -0.916. The molecule has 3 aromatic carbocycles. The smallest absolute Gasteiger partial charge is 0.264 e. The number of benzene rings is 3. The Kier molecular flexibility index (Phi) is 10.4. The van der Waals surface area contributed by atoms with Gasteiger partial charge in [-0.05, 0) is 73.5 Å². The van der Waals surface area contributed by atoms with Gasteiger partial charge in [-0.15, -0.1) is 0 Å². The Morgan fingerprint density at radius 1 is 0.895 bits per heavy atom. The van der Waals surface area contributed by atoms with Crippen LogP contribution in [0.4, 0.5) is 5.69 Å². The van der Waals surface area contributed by atoms with E-state index in [-0.39, 0.29) is 23.0 Å².